The molecular formula is C28H22N8O2. The predicted octanol–water partition coefficient (Wildman–Crippen LogP) is 3.39. The van der Waals surface area contributed by atoms with Crippen LogP contribution in [-0.2, 0) is 0 Å². The van der Waals surface area contributed by atoms with Crippen LogP contribution in [0.2, 0.25) is 0 Å². The fourth-order valence-electron chi connectivity index (χ4n) is 3.91. The van der Waals surface area contributed by atoms with Crippen LogP contribution in [0.1, 0.15) is 32.4 Å². The first-order valence-corrected chi connectivity index (χ1v) is 11.4. The second-order valence-electron chi connectivity index (χ2n) is 8.50. The first-order valence-electron chi connectivity index (χ1n) is 11.4. The van der Waals surface area contributed by atoms with E-state index in [2.05, 4.69) is 19.9 Å². The van der Waals surface area contributed by atoms with Crippen LogP contribution in [0.25, 0.3) is 22.3 Å². The first kappa shape index (κ1) is 24.1. The Morgan fingerprint density at radius 2 is 0.868 bits per heavy atom. The Hall–Kier alpha value is -5.64. The Bertz CT molecular complexity index is 1570. The Labute approximate surface area is 217 Å². The summed E-state index contributed by atoms with van der Waals surface area (Å²) in [5.74, 6) is -0.746. The van der Waals surface area contributed by atoms with Crippen molar-refractivity contribution in [1.29, 1.82) is 0 Å². The molecule has 0 fully saturated rings. The molecule has 5 aromatic rings. The number of ketones is 2. The Morgan fingerprint density at radius 1 is 0.500 bits per heavy atom. The number of nitrogens with zero attached hydrogens (tertiary/aromatic N) is 4. The molecule has 0 amide bonds. The highest BCUT2D eigenvalue weighted by atomic mass is 16.1. The maximum atomic E-state index is 12.7. The van der Waals surface area contributed by atoms with Gasteiger partial charge in [0, 0.05) is 58.7 Å². The fourth-order valence-corrected chi connectivity index (χ4v) is 3.91. The van der Waals surface area contributed by atoms with E-state index in [4.69, 9.17) is 22.9 Å². The lowest BCUT2D eigenvalue weighted by Gasteiger charge is -2.10. The van der Waals surface area contributed by atoms with Crippen molar-refractivity contribution >= 4 is 34.3 Å². The molecule has 0 atom stereocenters. The fraction of sp³-hybridized carbons (Fsp3) is 0. The highest BCUT2D eigenvalue weighted by Gasteiger charge is 2.17. The first-order chi connectivity index (χ1) is 18.3. The van der Waals surface area contributed by atoms with Crippen molar-refractivity contribution < 1.29 is 9.59 Å². The quantitative estimate of drug-likeness (QED) is 0.250. The van der Waals surface area contributed by atoms with Crippen molar-refractivity contribution in [3.8, 4) is 22.3 Å². The third-order valence-electron chi connectivity index (χ3n) is 5.88. The number of hydrogen-bond acceptors (Lipinski definition) is 10. The summed E-state index contributed by atoms with van der Waals surface area (Å²) in [6.07, 6.45) is 6.02. The lowest BCUT2D eigenvalue weighted by atomic mass is 9.99. The normalized spacial score (nSPS) is 10.7. The van der Waals surface area contributed by atoms with E-state index in [0.29, 0.717) is 33.9 Å². The third kappa shape index (κ3) is 4.73. The average molecular weight is 503 g/mol. The number of nitrogen functional groups attached to an aromatic ring is 4. The highest BCUT2D eigenvalue weighted by molar-refractivity contribution is 6.08. The van der Waals surface area contributed by atoms with Crippen molar-refractivity contribution in [2.75, 3.05) is 22.9 Å². The number of rotatable bonds is 6. The molecule has 0 unspecified atom stereocenters. The van der Waals surface area contributed by atoms with E-state index in [1.165, 1.54) is 36.7 Å². The summed E-state index contributed by atoms with van der Waals surface area (Å²) in [5.41, 5.74) is 29.3. The number of benzene rings is 1. The van der Waals surface area contributed by atoms with E-state index >= 15 is 0 Å². The Morgan fingerprint density at radius 3 is 1.21 bits per heavy atom. The van der Waals surface area contributed by atoms with Crippen LogP contribution in [0.3, 0.4) is 0 Å². The molecule has 38 heavy (non-hydrogen) atoms. The lowest BCUT2D eigenvalue weighted by molar-refractivity contribution is 0.102. The van der Waals surface area contributed by atoms with Gasteiger partial charge < -0.3 is 22.9 Å². The van der Waals surface area contributed by atoms with Crippen molar-refractivity contribution in [2.24, 2.45) is 0 Å². The molecule has 10 nitrogen and oxygen atoms in total. The molecule has 4 aromatic heterocycles. The van der Waals surface area contributed by atoms with Gasteiger partial charge in [-0.05, 0) is 47.5 Å². The van der Waals surface area contributed by atoms with Gasteiger partial charge in [0.25, 0.3) is 0 Å². The summed E-state index contributed by atoms with van der Waals surface area (Å²) in [6.45, 7) is 0. The number of nitrogens with two attached hydrogens (primary N) is 4. The van der Waals surface area contributed by atoms with Crippen LogP contribution in [0.4, 0.5) is 22.7 Å². The lowest BCUT2D eigenvalue weighted by Crippen LogP contribution is -2.08. The number of pyridine rings is 4. The minimum absolute atomic E-state index is 0.169. The molecule has 0 radical (unpaired) electrons. The standard InChI is InChI=1S/C28H22N8O2/c29-17-5-7-33-23(9-17)27(37)25-11-21(31)19(13-35-25)15-1-2-16(4-3-15)20-14-36-26(12-22(20)32)28(38)24-10-18(30)6-8-34-24/h1-14H,(H2,29,33)(H2,30,34)(H2,31,35)(H2,32,36). The maximum absolute atomic E-state index is 12.7. The molecule has 0 bridgehead atoms. The molecule has 0 aliphatic carbocycles. The molecule has 0 saturated heterocycles. The summed E-state index contributed by atoms with van der Waals surface area (Å²) >= 11 is 0. The summed E-state index contributed by atoms with van der Waals surface area (Å²) in [6, 6.07) is 16.7. The number of aromatic nitrogens is 4. The van der Waals surface area contributed by atoms with Crippen molar-refractivity contribution in [2.45, 2.75) is 0 Å². The molecule has 10 heteroatoms. The zero-order chi connectivity index (χ0) is 26.8. The van der Waals surface area contributed by atoms with Gasteiger partial charge in [-0.25, -0.2) is 0 Å². The molecule has 5 rings (SSSR count). The van der Waals surface area contributed by atoms with E-state index in [-0.39, 0.29) is 34.3 Å². The van der Waals surface area contributed by atoms with Gasteiger partial charge in [-0.2, -0.15) is 0 Å². The van der Waals surface area contributed by atoms with Gasteiger partial charge in [0.15, 0.2) is 0 Å². The third-order valence-corrected chi connectivity index (χ3v) is 5.88. The smallest absolute Gasteiger partial charge is 0.229 e. The number of carbonyl (C=O) groups is 2. The maximum Gasteiger partial charge on any atom is 0.229 e. The van der Waals surface area contributed by atoms with E-state index in [1.807, 2.05) is 24.3 Å². The van der Waals surface area contributed by atoms with Gasteiger partial charge >= 0.3 is 0 Å². The molecule has 0 aliphatic rings. The topological polar surface area (TPSA) is 190 Å². The highest BCUT2D eigenvalue weighted by Crippen LogP contribution is 2.31. The summed E-state index contributed by atoms with van der Waals surface area (Å²) in [7, 11) is 0. The van der Waals surface area contributed by atoms with Crippen LogP contribution < -0.4 is 22.9 Å². The second-order valence-corrected chi connectivity index (χ2v) is 8.50. The van der Waals surface area contributed by atoms with E-state index in [9.17, 15) is 9.59 Å². The molecule has 0 saturated carbocycles. The summed E-state index contributed by atoms with van der Waals surface area (Å²) in [5, 5.41) is 0. The number of hydrogen-bond donors (Lipinski definition) is 4. The average Bonchev–Trinajstić information content (AvgIpc) is 2.92. The number of anilines is 4. The van der Waals surface area contributed by atoms with Gasteiger partial charge in [-0.15, -0.1) is 0 Å². The molecule has 1 aromatic carbocycles. The Kier molecular flexibility index (Phi) is 6.20. The SMILES string of the molecule is Nc1ccnc(C(=O)c2cc(N)c(-c3ccc(-c4cnc(C(=O)c5cc(N)ccn5)cc4N)cc3)cn2)c1. The number of carbonyl (C=O) groups excluding carboxylic acids is 2. The molecule has 0 aliphatic heterocycles. The van der Waals surface area contributed by atoms with Crippen LogP contribution in [0.5, 0.6) is 0 Å². The van der Waals surface area contributed by atoms with Gasteiger partial charge in [0.2, 0.25) is 11.6 Å². The van der Waals surface area contributed by atoms with Crippen molar-refractivity contribution in [3.05, 3.63) is 108 Å². The van der Waals surface area contributed by atoms with Gasteiger partial charge in [-0.3, -0.25) is 29.5 Å². The summed E-state index contributed by atoms with van der Waals surface area (Å²) < 4.78 is 0. The van der Waals surface area contributed by atoms with E-state index in [0.717, 1.165) is 11.1 Å². The van der Waals surface area contributed by atoms with Crippen molar-refractivity contribution in [1.82, 2.24) is 19.9 Å². The zero-order valence-corrected chi connectivity index (χ0v) is 20.0. The van der Waals surface area contributed by atoms with E-state index in [1.54, 1.807) is 24.5 Å². The van der Waals surface area contributed by atoms with Crippen LogP contribution in [0.15, 0.2) is 85.5 Å². The largest absolute Gasteiger partial charge is 0.399 e. The molecule has 0 spiro atoms. The minimum atomic E-state index is -0.373. The Balaban J connectivity index is 1.37. The molecule has 186 valence electrons. The molecule has 8 N–H and O–H groups in total. The van der Waals surface area contributed by atoms with Crippen LogP contribution >= 0.6 is 0 Å². The monoisotopic (exact) mass is 502 g/mol. The minimum Gasteiger partial charge on any atom is -0.399 e. The van der Waals surface area contributed by atoms with Crippen LogP contribution in [-0.4, -0.2) is 31.5 Å². The molecule has 4 heterocycles. The van der Waals surface area contributed by atoms with Gasteiger partial charge in [-0.1, -0.05) is 24.3 Å². The van der Waals surface area contributed by atoms with Gasteiger partial charge in [0.1, 0.15) is 22.8 Å². The zero-order valence-electron chi connectivity index (χ0n) is 20.0. The van der Waals surface area contributed by atoms with Crippen molar-refractivity contribution in [3.63, 3.8) is 0 Å². The van der Waals surface area contributed by atoms with E-state index < -0.39 is 0 Å². The summed E-state index contributed by atoms with van der Waals surface area (Å²) in [4.78, 5) is 42.1. The second kappa shape index (κ2) is 9.78. The van der Waals surface area contributed by atoms with Crippen LogP contribution in [0, 0.1) is 0 Å². The predicted molar refractivity (Wildman–Crippen MR) is 146 cm³/mol. The van der Waals surface area contributed by atoms with Gasteiger partial charge in [0.05, 0.1) is 0 Å². The molecular weight excluding hydrogens is 480 g/mol.